The van der Waals surface area contributed by atoms with Crippen molar-refractivity contribution in [3.8, 4) is 11.1 Å². The van der Waals surface area contributed by atoms with Crippen LogP contribution in [-0.4, -0.2) is 40.3 Å². The maximum atomic E-state index is 13.6. The molecule has 8 heteroatoms. The number of carbonyl (C=O) groups excluding carboxylic acids is 3. The molecule has 0 aliphatic rings. The van der Waals surface area contributed by atoms with Crippen LogP contribution in [0.5, 0.6) is 0 Å². The van der Waals surface area contributed by atoms with Gasteiger partial charge in [0, 0.05) is 28.6 Å². The second-order valence-corrected chi connectivity index (χ2v) is 8.20. The SMILES string of the molecule is CCOC(=O)c1c(C(=O)OCC)c2cc(-c3ccncc3)ccn2c1C(=O)c1ccc(Br)cc1. The Balaban J connectivity index is 2.04. The molecule has 0 saturated carbocycles. The zero-order chi connectivity index (χ0) is 24.2. The highest BCUT2D eigenvalue weighted by Gasteiger charge is 2.33. The van der Waals surface area contributed by atoms with Crippen LogP contribution >= 0.6 is 15.9 Å². The second kappa shape index (κ2) is 10.0. The van der Waals surface area contributed by atoms with Crippen LogP contribution in [0.4, 0.5) is 0 Å². The number of rotatable bonds is 7. The van der Waals surface area contributed by atoms with Crippen molar-refractivity contribution in [2.24, 2.45) is 0 Å². The molecule has 0 saturated heterocycles. The molecule has 0 spiro atoms. The first-order valence-electron chi connectivity index (χ1n) is 10.7. The zero-order valence-electron chi connectivity index (χ0n) is 18.6. The van der Waals surface area contributed by atoms with Crippen molar-refractivity contribution < 1.29 is 23.9 Å². The van der Waals surface area contributed by atoms with E-state index in [1.165, 1.54) is 0 Å². The number of ketones is 1. The van der Waals surface area contributed by atoms with E-state index in [1.54, 1.807) is 67.2 Å². The Morgan fingerprint density at radius 1 is 0.853 bits per heavy atom. The third-order valence-corrected chi connectivity index (χ3v) is 5.76. The van der Waals surface area contributed by atoms with E-state index in [9.17, 15) is 14.4 Å². The van der Waals surface area contributed by atoms with Crippen LogP contribution in [0.2, 0.25) is 0 Å². The number of pyridine rings is 2. The number of aromatic nitrogens is 2. The normalized spacial score (nSPS) is 10.8. The van der Waals surface area contributed by atoms with Crippen LogP contribution in [0.3, 0.4) is 0 Å². The molecule has 4 aromatic rings. The van der Waals surface area contributed by atoms with Gasteiger partial charge in [0.2, 0.25) is 5.78 Å². The molecule has 0 unspecified atom stereocenters. The van der Waals surface area contributed by atoms with E-state index in [1.807, 2.05) is 18.2 Å². The highest BCUT2D eigenvalue weighted by atomic mass is 79.9. The fraction of sp³-hybridized carbons (Fsp3) is 0.154. The second-order valence-electron chi connectivity index (χ2n) is 7.28. The predicted octanol–water partition coefficient (Wildman–Crippen LogP) is 5.35. The van der Waals surface area contributed by atoms with E-state index in [-0.39, 0.29) is 30.0 Å². The molecule has 0 bridgehead atoms. The number of carbonyl (C=O) groups is 3. The van der Waals surface area contributed by atoms with E-state index < -0.39 is 17.7 Å². The van der Waals surface area contributed by atoms with E-state index in [4.69, 9.17) is 9.47 Å². The number of ether oxygens (including phenoxy) is 2. The average Bonchev–Trinajstić information content (AvgIpc) is 3.19. The summed E-state index contributed by atoms with van der Waals surface area (Å²) < 4.78 is 12.9. The molecule has 0 aliphatic heterocycles. The van der Waals surface area contributed by atoms with Crippen molar-refractivity contribution >= 4 is 39.2 Å². The summed E-state index contributed by atoms with van der Waals surface area (Å²) in [5, 5.41) is 0. The molecule has 0 aliphatic carbocycles. The monoisotopic (exact) mass is 520 g/mol. The van der Waals surface area contributed by atoms with Gasteiger partial charge in [-0.1, -0.05) is 15.9 Å². The van der Waals surface area contributed by atoms with Crippen LogP contribution in [0, 0.1) is 0 Å². The van der Waals surface area contributed by atoms with Gasteiger partial charge < -0.3 is 13.9 Å². The number of benzene rings is 1. The minimum atomic E-state index is -0.764. The summed E-state index contributed by atoms with van der Waals surface area (Å²) in [6.07, 6.45) is 5.00. The summed E-state index contributed by atoms with van der Waals surface area (Å²) in [6.45, 7) is 3.53. The standard InChI is InChI=1S/C26H21BrN2O5/c1-3-33-25(31)21-20-15-18(16-9-12-28-13-10-16)11-14-29(20)23(22(21)26(32)34-4-2)24(30)17-5-7-19(27)8-6-17/h5-15H,3-4H2,1-2H3. The van der Waals surface area contributed by atoms with E-state index in [0.29, 0.717) is 11.1 Å². The first-order valence-corrected chi connectivity index (χ1v) is 11.5. The molecular formula is C26H21BrN2O5. The lowest BCUT2D eigenvalue weighted by Gasteiger charge is -2.08. The van der Waals surface area contributed by atoms with Gasteiger partial charge in [0.15, 0.2) is 0 Å². The number of hydrogen-bond acceptors (Lipinski definition) is 6. The largest absolute Gasteiger partial charge is 0.462 e. The summed E-state index contributed by atoms with van der Waals surface area (Å²) in [7, 11) is 0. The third-order valence-electron chi connectivity index (χ3n) is 5.23. The Morgan fingerprint density at radius 3 is 2.09 bits per heavy atom. The molecule has 0 atom stereocenters. The van der Waals surface area contributed by atoms with Crippen molar-refractivity contribution in [1.29, 1.82) is 0 Å². The van der Waals surface area contributed by atoms with Crippen LogP contribution in [0.1, 0.15) is 50.6 Å². The van der Waals surface area contributed by atoms with Gasteiger partial charge in [-0.2, -0.15) is 0 Å². The first-order chi connectivity index (χ1) is 16.5. The van der Waals surface area contributed by atoms with Crippen molar-refractivity contribution in [2.75, 3.05) is 13.2 Å². The highest BCUT2D eigenvalue weighted by molar-refractivity contribution is 9.10. The fourth-order valence-electron chi connectivity index (χ4n) is 3.75. The number of nitrogens with zero attached hydrogens (tertiary/aromatic N) is 2. The maximum absolute atomic E-state index is 13.6. The number of fused-ring (bicyclic) bond motifs is 1. The number of halogens is 1. The van der Waals surface area contributed by atoms with Gasteiger partial charge in [-0.15, -0.1) is 0 Å². The topological polar surface area (TPSA) is 87.0 Å². The van der Waals surface area contributed by atoms with Crippen molar-refractivity contribution in [3.63, 3.8) is 0 Å². The Labute approximate surface area is 204 Å². The average molecular weight is 521 g/mol. The van der Waals surface area contributed by atoms with Gasteiger partial charge in [-0.25, -0.2) is 9.59 Å². The predicted molar refractivity (Wildman–Crippen MR) is 130 cm³/mol. The lowest BCUT2D eigenvalue weighted by Crippen LogP contribution is -2.16. The summed E-state index contributed by atoms with van der Waals surface area (Å²) in [5.41, 5.74) is 2.32. The van der Waals surface area contributed by atoms with Crippen molar-refractivity contribution in [2.45, 2.75) is 13.8 Å². The van der Waals surface area contributed by atoms with Crippen molar-refractivity contribution in [3.05, 3.63) is 94.0 Å². The van der Waals surface area contributed by atoms with Crippen LogP contribution in [0.15, 0.2) is 71.6 Å². The molecule has 1 aromatic carbocycles. The molecular weight excluding hydrogens is 500 g/mol. The van der Waals surface area contributed by atoms with Crippen LogP contribution in [-0.2, 0) is 9.47 Å². The number of hydrogen-bond donors (Lipinski definition) is 0. The Bertz CT molecular complexity index is 1380. The Kier molecular flexibility index (Phi) is 6.88. The first kappa shape index (κ1) is 23.4. The van der Waals surface area contributed by atoms with Gasteiger partial charge in [-0.3, -0.25) is 9.78 Å². The van der Waals surface area contributed by atoms with Gasteiger partial charge in [0.05, 0.1) is 18.7 Å². The van der Waals surface area contributed by atoms with Gasteiger partial charge >= 0.3 is 11.9 Å². The molecule has 172 valence electrons. The van der Waals surface area contributed by atoms with Crippen LogP contribution in [0.25, 0.3) is 16.6 Å². The molecule has 7 nitrogen and oxygen atoms in total. The lowest BCUT2D eigenvalue weighted by atomic mass is 10.0. The third kappa shape index (κ3) is 4.36. The Hall–Kier alpha value is -3.78. The lowest BCUT2D eigenvalue weighted by molar-refractivity contribution is 0.0480. The van der Waals surface area contributed by atoms with Gasteiger partial charge in [0.1, 0.15) is 16.8 Å². The zero-order valence-corrected chi connectivity index (χ0v) is 20.2. The summed E-state index contributed by atoms with van der Waals surface area (Å²) in [4.78, 5) is 43.9. The fourth-order valence-corrected chi connectivity index (χ4v) is 4.02. The molecule has 3 aromatic heterocycles. The van der Waals surface area contributed by atoms with Crippen molar-refractivity contribution in [1.82, 2.24) is 9.38 Å². The molecule has 3 heterocycles. The minimum absolute atomic E-state index is 0.00309. The molecule has 0 radical (unpaired) electrons. The van der Waals surface area contributed by atoms with E-state index >= 15 is 0 Å². The molecule has 0 N–H and O–H groups in total. The minimum Gasteiger partial charge on any atom is -0.462 e. The van der Waals surface area contributed by atoms with Crippen LogP contribution < -0.4 is 0 Å². The quantitative estimate of drug-likeness (QED) is 0.241. The molecule has 0 fully saturated rings. The Morgan fingerprint density at radius 2 is 1.47 bits per heavy atom. The molecule has 34 heavy (non-hydrogen) atoms. The van der Waals surface area contributed by atoms with E-state index in [2.05, 4.69) is 20.9 Å². The van der Waals surface area contributed by atoms with E-state index in [0.717, 1.165) is 15.6 Å². The number of esters is 2. The summed E-state index contributed by atoms with van der Waals surface area (Å²) in [6, 6.07) is 14.0. The molecule has 4 rings (SSSR count). The smallest absolute Gasteiger partial charge is 0.341 e. The summed E-state index contributed by atoms with van der Waals surface area (Å²) in [5.74, 6) is -1.89. The highest BCUT2D eigenvalue weighted by Crippen LogP contribution is 2.31. The van der Waals surface area contributed by atoms with Gasteiger partial charge in [-0.05, 0) is 73.5 Å². The van der Waals surface area contributed by atoms with Gasteiger partial charge in [0.25, 0.3) is 0 Å². The molecule has 0 amide bonds. The summed E-state index contributed by atoms with van der Waals surface area (Å²) >= 11 is 3.36. The maximum Gasteiger partial charge on any atom is 0.341 e.